The van der Waals surface area contributed by atoms with Crippen LogP contribution in [0.25, 0.3) is 22.6 Å². The van der Waals surface area contributed by atoms with Gasteiger partial charge in [-0.1, -0.05) is 114 Å². The Morgan fingerprint density at radius 3 is 1.58 bits per heavy atom. The molecule has 12 rings (SSSR count). The highest BCUT2D eigenvalue weighted by Gasteiger charge is 2.67. The lowest BCUT2D eigenvalue weighted by Gasteiger charge is -2.69. The number of hydrogen-bond donors (Lipinski definition) is 8. The Morgan fingerprint density at radius 2 is 1.10 bits per heavy atom. The Balaban J connectivity index is 0.000000368. The van der Waals surface area contributed by atoms with Crippen LogP contribution in [-0.4, -0.2) is 206 Å². The summed E-state index contributed by atoms with van der Waals surface area (Å²) in [5, 5.41) is 41.7. The van der Waals surface area contributed by atoms with Crippen LogP contribution in [0.1, 0.15) is 236 Å². The molecule has 10 aliphatic rings. The summed E-state index contributed by atoms with van der Waals surface area (Å²) in [4.78, 5) is 209. The number of allylic oxidation sites excluding steroid dienone is 2. The summed E-state index contributed by atoms with van der Waals surface area (Å²) in [7, 11) is 5.66. The molecule has 2 aromatic rings. The number of cyclic esters (lactones) is 2. The molecule has 0 aromatic heterocycles. The Morgan fingerprint density at radius 1 is 0.618 bits per heavy atom. The van der Waals surface area contributed by atoms with E-state index in [-0.39, 0.29) is 66.8 Å². The van der Waals surface area contributed by atoms with E-state index in [0.29, 0.717) is 50.0 Å². The Labute approximate surface area is 719 Å². The third-order valence-electron chi connectivity index (χ3n) is 29.9. The molecule has 30 nitrogen and oxygen atoms in total. The molecule has 7 aliphatic carbocycles. The summed E-state index contributed by atoms with van der Waals surface area (Å²) in [6.45, 7) is 31.8. The molecule has 2 saturated heterocycles. The molecule has 18 atom stereocenters. The molecule has 0 radical (unpaired) electrons. The maximum absolute atomic E-state index is 15.2. The highest BCUT2D eigenvalue weighted by Crippen LogP contribution is 2.75. The lowest BCUT2D eigenvalue weighted by molar-refractivity contribution is -0.177. The minimum atomic E-state index is -1.86. The summed E-state index contributed by atoms with van der Waals surface area (Å²) in [6.07, 6.45) is 9.38. The van der Waals surface area contributed by atoms with Gasteiger partial charge in [0.1, 0.15) is 47.6 Å². The number of carboxylic acids is 1. The molecule has 670 valence electrons. The van der Waals surface area contributed by atoms with Gasteiger partial charge in [-0.3, -0.25) is 57.5 Å². The number of carboxylic acid groups (broad SMARTS) is 1. The summed E-state index contributed by atoms with van der Waals surface area (Å²) >= 11 is 0. The van der Waals surface area contributed by atoms with Gasteiger partial charge < -0.3 is 75.8 Å². The highest BCUT2D eigenvalue weighted by molar-refractivity contribution is 6.11. The van der Waals surface area contributed by atoms with Crippen molar-refractivity contribution < 1.29 is 91.5 Å². The van der Waals surface area contributed by atoms with Gasteiger partial charge in [0.15, 0.2) is 34.4 Å². The van der Waals surface area contributed by atoms with Gasteiger partial charge >= 0.3 is 17.9 Å². The van der Waals surface area contributed by atoms with Crippen LogP contribution >= 0.6 is 0 Å². The van der Waals surface area contributed by atoms with E-state index in [2.05, 4.69) is 55.0 Å². The lowest BCUT2D eigenvalue weighted by atomic mass is 9.34. The Kier molecular flexibility index (Phi) is 26.6. The van der Waals surface area contributed by atoms with Crippen molar-refractivity contribution in [3.05, 3.63) is 79.0 Å². The van der Waals surface area contributed by atoms with E-state index in [1.807, 2.05) is 19.9 Å². The van der Waals surface area contributed by atoms with Crippen molar-refractivity contribution in [3.63, 3.8) is 0 Å². The van der Waals surface area contributed by atoms with Crippen LogP contribution in [0.2, 0.25) is 0 Å². The maximum atomic E-state index is 15.2. The number of aromatic nitrogens is 1. The average molecular weight is 1710 g/mol. The number of ketones is 2. The summed E-state index contributed by atoms with van der Waals surface area (Å²) in [5.41, 5.74) is 7.67. The number of nitrogen functional groups attached to an aromatic ring is 1. The Hall–Kier alpha value is -10.3. The maximum Gasteiger partial charge on any atom is 0.329 e. The second kappa shape index (κ2) is 35.0. The van der Waals surface area contributed by atoms with E-state index >= 15 is 9.59 Å². The van der Waals surface area contributed by atoms with Crippen LogP contribution in [0, 0.1) is 95.7 Å². The van der Waals surface area contributed by atoms with Gasteiger partial charge in [-0.05, 0) is 199 Å². The molecular weight excluding hydrogens is 1580 g/mol. The van der Waals surface area contributed by atoms with Gasteiger partial charge in [0.2, 0.25) is 40.9 Å². The number of aromatic hydroxyl groups is 2. The molecule has 0 bridgehead atoms. The smallest absolute Gasteiger partial charge is 0.329 e. The van der Waals surface area contributed by atoms with Gasteiger partial charge in [0.25, 0.3) is 11.8 Å². The van der Waals surface area contributed by atoms with Crippen molar-refractivity contribution in [2.45, 2.75) is 268 Å². The van der Waals surface area contributed by atoms with E-state index < -0.39 is 208 Å². The number of Topliss-reactive ketones (excluding diaryl/α,β-unsaturated/α-hetero) is 2. The number of rotatable bonds is 9. The number of carbonyl (C=O) groups is 13. The van der Waals surface area contributed by atoms with E-state index in [0.717, 1.165) is 72.3 Å². The molecule has 18 unspecified atom stereocenters. The van der Waals surface area contributed by atoms with Crippen LogP contribution in [0.5, 0.6) is 11.5 Å². The third kappa shape index (κ3) is 16.8. The van der Waals surface area contributed by atoms with Crippen LogP contribution < -0.4 is 32.4 Å². The van der Waals surface area contributed by atoms with Crippen LogP contribution in [0.15, 0.2) is 39.1 Å². The van der Waals surface area contributed by atoms with Crippen molar-refractivity contribution in [2.75, 3.05) is 47.0 Å². The van der Waals surface area contributed by atoms with Gasteiger partial charge in [0, 0.05) is 62.8 Å². The van der Waals surface area contributed by atoms with Crippen molar-refractivity contribution >= 4 is 93.5 Å². The number of likely N-dealkylation sites (N-methyl/N-ethyl adjacent to an activating group) is 4. The third-order valence-corrected chi connectivity index (χ3v) is 29.9. The number of carbonyl (C=O) groups excluding carboxylic acids is 12. The van der Waals surface area contributed by atoms with E-state index in [4.69, 9.17) is 24.6 Å². The molecule has 3 heterocycles. The van der Waals surface area contributed by atoms with E-state index in [1.165, 1.54) is 82.0 Å². The number of ether oxygens (including phenoxy) is 2. The summed E-state index contributed by atoms with van der Waals surface area (Å²) in [6, 6.07) is -3.90. The number of amides is 8. The second-order valence-corrected chi connectivity index (χ2v) is 39.3. The van der Waals surface area contributed by atoms with Crippen molar-refractivity contribution in [3.8, 4) is 23.0 Å². The molecule has 9 N–H and O–H groups in total. The van der Waals surface area contributed by atoms with E-state index in [1.54, 1.807) is 62.3 Å². The largest absolute Gasteiger partial charge is 0.504 e. The molecule has 7 fully saturated rings. The van der Waals surface area contributed by atoms with Crippen LogP contribution in [0.3, 0.4) is 0 Å². The number of anilines is 1. The molecule has 2 aromatic carbocycles. The number of hydrogen-bond acceptors (Lipinski definition) is 21. The number of phenols is 2. The zero-order valence-corrected chi connectivity index (χ0v) is 75.5. The SMILES string of the molecule is Cc1c(O)c(O)cc2c1CC=C1C2(C)CCC2(C)C3CC(C)(C(=O)O)CCC3(C)CCC12C.Cc1c2oc3c(C)ccc(C(=O)NC4C(=O)NC(C(C)C)C(=O)C5CCCC5C(=O)N(C)CC(=O)N(C)C(C(C)C)C(=O)OC4C)c3nc-2c(C(=O)NC2C(=O)NC(C(C)C)C(=O)C3CCCC3C(=O)N(C)CC(=O)N(C)C(C(C)C)C(=O)OC2C)c(N)c1=O. The molecule has 30 heteroatoms. The monoisotopic (exact) mass is 1700 g/mol. The van der Waals surface area contributed by atoms with Crippen molar-refractivity contribution in [1.29, 1.82) is 0 Å². The van der Waals surface area contributed by atoms with E-state index in [9.17, 15) is 72.9 Å². The number of esters is 2. The zero-order chi connectivity index (χ0) is 91.2. The fourth-order valence-corrected chi connectivity index (χ4v) is 22.1. The van der Waals surface area contributed by atoms with Crippen LogP contribution in [0.4, 0.5) is 5.69 Å². The normalized spacial score (nSPS) is 32.2. The van der Waals surface area contributed by atoms with Crippen molar-refractivity contribution in [2.24, 2.45) is 74.9 Å². The number of phenolic OH excluding ortho intramolecular Hbond substituents is 2. The lowest BCUT2D eigenvalue weighted by Crippen LogP contribution is -2.62. The second-order valence-electron chi connectivity index (χ2n) is 39.3. The van der Waals surface area contributed by atoms with Gasteiger partial charge in [-0.2, -0.15) is 0 Å². The number of aliphatic carboxylic acids is 1. The Bertz CT molecular complexity index is 5030. The predicted octanol–water partition coefficient (Wildman–Crippen LogP) is 9.36. The quantitative estimate of drug-likeness (QED) is 0.0254. The first kappa shape index (κ1) is 93.4. The van der Waals surface area contributed by atoms with Gasteiger partial charge in [0.05, 0.1) is 47.4 Å². The fourth-order valence-electron chi connectivity index (χ4n) is 22.1. The summed E-state index contributed by atoms with van der Waals surface area (Å²) < 4.78 is 18.3. The average Bonchev–Trinajstić information content (AvgIpc) is 1.09. The molecule has 3 aliphatic heterocycles. The number of nitrogens with two attached hydrogens (primary N) is 1. The fraction of sp³-hybridized carbons (Fsp3) is 0.645. The number of benzene rings is 3. The number of fused-ring (bicyclic) bond motifs is 11. The molecular formula is C93H128N10O20. The zero-order valence-electron chi connectivity index (χ0n) is 75.5. The van der Waals surface area contributed by atoms with Crippen molar-refractivity contribution in [1.82, 2.24) is 45.9 Å². The number of aryl methyl sites for hydroxylation is 1. The number of nitrogens with one attached hydrogen (secondary N) is 4. The number of nitrogens with zero attached hydrogens (tertiary/aromatic N) is 5. The topological polar surface area (TPSA) is 431 Å². The highest BCUT2D eigenvalue weighted by atomic mass is 16.6. The minimum Gasteiger partial charge on any atom is -0.504 e. The first-order valence-electron chi connectivity index (χ1n) is 43.7. The standard InChI is InChI=1S/C64H88N10O16.C29H40O4/c1-27(2)44-53(78)35-19-17-21-37(35)61(84)71(13)25-40(75)73(15)50(29(5)6)63(86)88-33(11)46(59(82)67-44)69-57(80)39-24-23-31(9)55-48(39)66-49-42(43(65)52(77)32(10)56(49)90-55)58(81)70-47-34(12)89-64(87)51(30(7)8)74(16)41(76)26-72(14)62(85)38-22-18-20-36(38)54(79)45(28(3)4)68-60(47)83;1-17-18-7-8-21-27(4,19(18)15-20(30)23(17)31)12-14-29(6)22-16-26(3,24(32)33)10-9-25(22,2)11-13-28(21,29)5/h23-24,27-30,33-38,44-47,50-51H,17-22,25-26,65H2,1-16H3,(H,67,82)(H,68,83)(H,69,80)(H,70,81);8,15,22,30-31H,7,9-14,16H2,1-6H3,(H,32,33). The first-order valence-corrected chi connectivity index (χ1v) is 43.7. The minimum absolute atomic E-state index is 0.00431. The first-order chi connectivity index (χ1) is 57.3. The van der Waals surface area contributed by atoms with Gasteiger partial charge in [-0.15, -0.1) is 0 Å². The molecule has 8 amide bonds. The molecule has 5 saturated carbocycles. The molecule has 0 spiro atoms. The molecule has 123 heavy (non-hydrogen) atoms. The predicted molar refractivity (Wildman–Crippen MR) is 457 cm³/mol. The summed E-state index contributed by atoms with van der Waals surface area (Å²) in [5.74, 6) is -15.2. The van der Waals surface area contributed by atoms with Gasteiger partial charge in [-0.25, -0.2) is 14.6 Å². The van der Waals surface area contributed by atoms with Crippen LogP contribution in [-0.2, 0) is 74.0 Å².